The lowest BCUT2D eigenvalue weighted by Crippen LogP contribution is -2.38. The van der Waals surface area contributed by atoms with E-state index in [-0.39, 0.29) is 5.41 Å². The number of hydrogen-bond acceptors (Lipinski definition) is 3. The van der Waals surface area contributed by atoms with E-state index in [0.29, 0.717) is 5.92 Å². The summed E-state index contributed by atoms with van der Waals surface area (Å²) in [4.78, 5) is 4.83. The molecular weight excluding hydrogens is 362 g/mol. The molecule has 1 heterocycles. The highest BCUT2D eigenvalue weighted by molar-refractivity contribution is 6.30. The Morgan fingerprint density at radius 1 is 1.37 bits per heavy atom. The second kappa shape index (κ2) is 10.3. The largest absolute Gasteiger partial charge is 0.381 e. The van der Waals surface area contributed by atoms with Gasteiger partial charge in [-0.15, -0.1) is 0 Å². The minimum atomic E-state index is 0.166. The van der Waals surface area contributed by atoms with Gasteiger partial charge < -0.3 is 20.1 Å². The number of hydrogen-bond donors (Lipinski definition) is 2. The van der Waals surface area contributed by atoms with E-state index < -0.39 is 0 Å². The smallest absolute Gasteiger partial charge is 0.191 e. The van der Waals surface area contributed by atoms with Crippen molar-refractivity contribution in [2.24, 2.45) is 10.9 Å². The van der Waals surface area contributed by atoms with Gasteiger partial charge in [0.15, 0.2) is 5.96 Å². The van der Waals surface area contributed by atoms with Crippen molar-refractivity contribution in [2.75, 3.05) is 46.1 Å². The molecule has 2 fully saturated rings. The minimum absolute atomic E-state index is 0.166. The maximum absolute atomic E-state index is 6.16. The van der Waals surface area contributed by atoms with Crippen LogP contribution in [-0.2, 0) is 14.9 Å². The number of benzene rings is 1. The van der Waals surface area contributed by atoms with E-state index in [9.17, 15) is 0 Å². The number of ether oxygens (including phenoxy) is 2. The molecule has 1 atom stereocenters. The van der Waals surface area contributed by atoms with Crippen LogP contribution in [0.25, 0.3) is 0 Å². The van der Waals surface area contributed by atoms with E-state index in [4.69, 9.17) is 26.1 Å². The SMILES string of the molecule is CCNC(=NCC1(c2cccc(Cl)c2)CC1)NCCCOCC1CCOC1. The molecule has 150 valence electrons. The van der Waals surface area contributed by atoms with Crippen LogP contribution in [0.3, 0.4) is 0 Å². The second-order valence-electron chi connectivity index (χ2n) is 7.57. The molecule has 0 aromatic heterocycles. The highest BCUT2D eigenvalue weighted by atomic mass is 35.5. The predicted octanol–water partition coefficient (Wildman–Crippen LogP) is 3.37. The summed E-state index contributed by atoms with van der Waals surface area (Å²) < 4.78 is 11.1. The summed E-state index contributed by atoms with van der Waals surface area (Å²) in [6.45, 7) is 7.92. The molecule has 0 bridgehead atoms. The lowest BCUT2D eigenvalue weighted by atomic mass is 9.96. The quantitative estimate of drug-likeness (QED) is 0.363. The van der Waals surface area contributed by atoms with Crippen LogP contribution in [0.2, 0.25) is 5.02 Å². The van der Waals surface area contributed by atoms with Crippen molar-refractivity contribution in [3.63, 3.8) is 0 Å². The molecule has 0 amide bonds. The third-order valence-corrected chi connectivity index (χ3v) is 5.55. The molecule has 6 heteroatoms. The van der Waals surface area contributed by atoms with Crippen molar-refractivity contribution in [2.45, 2.75) is 38.0 Å². The molecule has 1 aromatic carbocycles. The number of rotatable bonds is 10. The zero-order chi connectivity index (χ0) is 19.0. The molecule has 3 rings (SSSR count). The first-order valence-corrected chi connectivity index (χ1v) is 10.5. The fourth-order valence-corrected chi connectivity index (χ4v) is 3.62. The molecule has 1 aromatic rings. The first kappa shape index (κ1) is 20.4. The number of nitrogens with one attached hydrogen (secondary N) is 2. The number of guanidine groups is 1. The van der Waals surface area contributed by atoms with Gasteiger partial charge in [-0.3, -0.25) is 4.99 Å². The molecule has 2 N–H and O–H groups in total. The van der Waals surface area contributed by atoms with Gasteiger partial charge >= 0.3 is 0 Å². The lowest BCUT2D eigenvalue weighted by Gasteiger charge is -2.16. The van der Waals surface area contributed by atoms with Gasteiger partial charge in [0.1, 0.15) is 0 Å². The summed E-state index contributed by atoms with van der Waals surface area (Å²) in [6, 6.07) is 8.21. The number of nitrogens with zero attached hydrogens (tertiary/aromatic N) is 1. The van der Waals surface area contributed by atoms with E-state index in [2.05, 4.69) is 29.7 Å². The van der Waals surface area contributed by atoms with Crippen molar-refractivity contribution in [3.05, 3.63) is 34.9 Å². The monoisotopic (exact) mass is 393 g/mol. The van der Waals surface area contributed by atoms with Gasteiger partial charge in [-0.05, 0) is 50.3 Å². The van der Waals surface area contributed by atoms with E-state index in [1.165, 1.54) is 18.4 Å². The van der Waals surface area contributed by atoms with Gasteiger partial charge in [0.25, 0.3) is 0 Å². The van der Waals surface area contributed by atoms with Crippen LogP contribution in [0, 0.1) is 5.92 Å². The molecule has 1 aliphatic heterocycles. The molecule has 0 radical (unpaired) electrons. The van der Waals surface area contributed by atoms with Crippen molar-refractivity contribution in [1.82, 2.24) is 10.6 Å². The summed E-state index contributed by atoms with van der Waals surface area (Å²) in [6.07, 6.45) is 4.45. The minimum Gasteiger partial charge on any atom is -0.381 e. The first-order valence-electron chi connectivity index (χ1n) is 10.2. The fourth-order valence-electron chi connectivity index (χ4n) is 3.43. The van der Waals surface area contributed by atoms with Crippen LogP contribution in [-0.4, -0.2) is 52.0 Å². The Kier molecular flexibility index (Phi) is 7.80. The van der Waals surface area contributed by atoms with Gasteiger partial charge in [-0.1, -0.05) is 23.7 Å². The van der Waals surface area contributed by atoms with Crippen LogP contribution < -0.4 is 10.6 Å². The average Bonchev–Trinajstić information content (AvgIpc) is 3.29. The maximum atomic E-state index is 6.16. The molecule has 1 saturated heterocycles. The summed E-state index contributed by atoms with van der Waals surface area (Å²) >= 11 is 6.16. The van der Waals surface area contributed by atoms with Crippen LogP contribution in [0.5, 0.6) is 0 Å². The van der Waals surface area contributed by atoms with E-state index in [1.807, 2.05) is 12.1 Å². The Bertz CT molecular complexity index is 613. The molecule has 0 spiro atoms. The van der Waals surface area contributed by atoms with E-state index in [0.717, 1.165) is 69.9 Å². The molecular formula is C21H32ClN3O2. The Morgan fingerprint density at radius 2 is 2.26 bits per heavy atom. The topological polar surface area (TPSA) is 54.9 Å². The summed E-state index contributed by atoms with van der Waals surface area (Å²) in [5.74, 6) is 1.47. The van der Waals surface area contributed by atoms with Gasteiger partial charge in [-0.25, -0.2) is 0 Å². The molecule has 2 aliphatic rings. The Morgan fingerprint density at radius 3 is 2.96 bits per heavy atom. The predicted molar refractivity (Wildman–Crippen MR) is 111 cm³/mol. The molecule has 5 nitrogen and oxygen atoms in total. The fraction of sp³-hybridized carbons (Fsp3) is 0.667. The van der Waals surface area contributed by atoms with Crippen molar-refractivity contribution in [3.8, 4) is 0 Å². The number of aliphatic imine (C=N–C) groups is 1. The van der Waals surface area contributed by atoms with Crippen LogP contribution in [0.4, 0.5) is 0 Å². The molecule has 1 saturated carbocycles. The van der Waals surface area contributed by atoms with Crippen LogP contribution >= 0.6 is 11.6 Å². The standard InChI is InChI=1S/C21H32ClN3O2/c1-2-23-20(24-10-4-11-26-14-17-7-12-27-15-17)25-16-21(8-9-21)18-5-3-6-19(22)13-18/h3,5-6,13,17H,2,4,7-12,14-16H2,1H3,(H2,23,24,25). The Hall–Kier alpha value is -1.30. The highest BCUT2D eigenvalue weighted by Crippen LogP contribution is 2.48. The maximum Gasteiger partial charge on any atom is 0.191 e. The molecule has 27 heavy (non-hydrogen) atoms. The van der Waals surface area contributed by atoms with E-state index >= 15 is 0 Å². The zero-order valence-electron chi connectivity index (χ0n) is 16.3. The van der Waals surface area contributed by atoms with Crippen LogP contribution in [0.1, 0.15) is 38.2 Å². The third kappa shape index (κ3) is 6.37. The zero-order valence-corrected chi connectivity index (χ0v) is 17.1. The van der Waals surface area contributed by atoms with Gasteiger partial charge in [0.05, 0.1) is 19.8 Å². The average molecular weight is 394 g/mol. The number of halogens is 1. The highest BCUT2D eigenvalue weighted by Gasteiger charge is 2.44. The van der Waals surface area contributed by atoms with Gasteiger partial charge in [-0.2, -0.15) is 0 Å². The third-order valence-electron chi connectivity index (χ3n) is 5.31. The lowest BCUT2D eigenvalue weighted by molar-refractivity contribution is 0.0888. The first-order chi connectivity index (χ1) is 13.2. The van der Waals surface area contributed by atoms with E-state index in [1.54, 1.807) is 0 Å². The van der Waals surface area contributed by atoms with Gasteiger partial charge in [0, 0.05) is 42.7 Å². The summed E-state index contributed by atoms with van der Waals surface area (Å²) in [5.41, 5.74) is 1.47. The van der Waals surface area contributed by atoms with Crippen molar-refractivity contribution in [1.29, 1.82) is 0 Å². The molecule has 1 aliphatic carbocycles. The van der Waals surface area contributed by atoms with Crippen molar-refractivity contribution < 1.29 is 9.47 Å². The normalized spacial score (nSPS) is 21.3. The summed E-state index contributed by atoms with van der Waals surface area (Å²) in [7, 11) is 0. The Balaban J connectivity index is 1.40. The van der Waals surface area contributed by atoms with Crippen LogP contribution in [0.15, 0.2) is 29.3 Å². The molecule has 1 unspecified atom stereocenters. The summed E-state index contributed by atoms with van der Waals surface area (Å²) in [5, 5.41) is 7.56. The Labute approximate surface area is 167 Å². The van der Waals surface area contributed by atoms with Crippen molar-refractivity contribution >= 4 is 17.6 Å². The van der Waals surface area contributed by atoms with Gasteiger partial charge in [0.2, 0.25) is 0 Å². The second-order valence-corrected chi connectivity index (χ2v) is 8.01.